The molecule has 3 heteroatoms. The summed E-state index contributed by atoms with van der Waals surface area (Å²) in [4.78, 5) is 12.4. The topological polar surface area (TPSA) is 55.1 Å². The van der Waals surface area contributed by atoms with Crippen molar-refractivity contribution in [2.45, 2.75) is 37.1 Å². The average Bonchev–Trinajstić information content (AvgIpc) is 3.11. The molecule has 2 aromatic rings. The van der Waals surface area contributed by atoms with Crippen LogP contribution >= 0.6 is 0 Å². The molecule has 0 bridgehead atoms. The van der Waals surface area contributed by atoms with Crippen LogP contribution in [0.3, 0.4) is 0 Å². The zero-order valence-corrected chi connectivity index (χ0v) is 13.4. The number of hydrogen-bond donors (Lipinski definition) is 2. The van der Waals surface area contributed by atoms with Crippen molar-refractivity contribution in [3.63, 3.8) is 0 Å². The standard InChI is InChI=1S/C20H24N2O/c21-18(16-9-3-1-4-10-16)19(23)22-15-20(13-7-8-14-20)17-11-5-2-6-12-17/h1-6,9-12,18H,7-8,13-15,21H2,(H,22,23). The van der Waals surface area contributed by atoms with Gasteiger partial charge in [0.25, 0.3) is 0 Å². The minimum atomic E-state index is -0.606. The molecule has 1 unspecified atom stereocenters. The lowest BCUT2D eigenvalue weighted by Gasteiger charge is -2.30. The van der Waals surface area contributed by atoms with E-state index in [2.05, 4.69) is 29.6 Å². The molecule has 3 rings (SSSR count). The van der Waals surface area contributed by atoms with E-state index in [1.807, 2.05) is 36.4 Å². The van der Waals surface area contributed by atoms with Gasteiger partial charge in [0.2, 0.25) is 5.91 Å². The summed E-state index contributed by atoms with van der Waals surface area (Å²) in [6.45, 7) is 0.663. The van der Waals surface area contributed by atoms with Gasteiger partial charge in [-0.3, -0.25) is 4.79 Å². The lowest BCUT2D eigenvalue weighted by atomic mass is 9.79. The summed E-state index contributed by atoms with van der Waals surface area (Å²) in [6.07, 6.45) is 4.68. The van der Waals surface area contributed by atoms with E-state index < -0.39 is 6.04 Å². The molecular formula is C20H24N2O. The molecule has 0 radical (unpaired) electrons. The highest BCUT2D eigenvalue weighted by atomic mass is 16.2. The number of nitrogens with one attached hydrogen (secondary N) is 1. The molecule has 3 nitrogen and oxygen atoms in total. The molecule has 1 aliphatic rings. The van der Waals surface area contributed by atoms with Gasteiger partial charge in [0.05, 0.1) is 0 Å². The zero-order chi connectivity index (χ0) is 16.1. The quantitative estimate of drug-likeness (QED) is 0.890. The molecule has 3 N–H and O–H groups in total. The third-order valence-electron chi connectivity index (χ3n) is 4.99. The number of amides is 1. The number of hydrogen-bond acceptors (Lipinski definition) is 2. The zero-order valence-electron chi connectivity index (χ0n) is 13.4. The van der Waals surface area contributed by atoms with Crippen molar-refractivity contribution in [2.24, 2.45) is 5.73 Å². The summed E-state index contributed by atoms with van der Waals surface area (Å²) in [5, 5.41) is 3.10. The fraction of sp³-hybridized carbons (Fsp3) is 0.350. The van der Waals surface area contributed by atoms with E-state index in [1.165, 1.54) is 18.4 Å². The predicted molar refractivity (Wildman–Crippen MR) is 93.0 cm³/mol. The first kappa shape index (κ1) is 15.8. The molecule has 1 fully saturated rings. The molecule has 2 aromatic carbocycles. The Labute approximate surface area is 137 Å². The third kappa shape index (κ3) is 3.45. The Bertz CT molecular complexity index is 633. The number of rotatable bonds is 5. The molecule has 1 saturated carbocycles. The van der Waals surface area contributed by atoms with Gasteiger partial charge in [0.15, 0.2) is 0 Å². The maximum absolute atomic E-state index is 12.4. The second kappa shape index (κ2) is 6.97. The van der Waals surface area contributed by atoms with Crippen LogP contribution in [0.1, 0.15) is 42.9 Å². The first-order valence-electron chi connectivity index (χ1n) is 8.35. The monoisotopic (exact) mass is 308 g/mol. The number of carbonyl (C=O) groups is 1. The Balaban J connectivity index is 1.69. The van der Waals surface area contributed by atoms with Gasteiger partial charge in [0, 0.05) is 12.0 Å². The Morgan fingerprint density at radius 1 is 1.00 bits per heavy atom. The van der Waals surface area contributed by atoms with Crippen LogP contribution in [0.2, 0.25) is 0 Å². The van der Waals surface area contributed by atoms with Crippen LogP contribution in [0.5, 0.6) is 0 Å². The maximum Gasteiger partial charge on any atom is 0.241 e. The normalized spacial score (nSPS) is 17.6. The molecular weight excluding hydrogens is 284 g/mol. The van der Waals surface area contributed by atoms with Crippen LogP contribution in [-0.2, 0) is 10.2 Å². The average molecular weight is 308 g/mol. The Morgan fingerprint density at radius 2 is 1.57 bits per heavy atom. The highest BCUT2D eigenvalue weighted by Gasteiger charge is 2.36. The highest BCUT2D eigenvalue weighted by Crippen LogP contribution is 2.40. The number of benzene rings is 2. The van der Waals surface area contributed by atoms with E-state index in [0.717, 1.165) is 18.4 Å². The second-order valence-corrected chi connectivity index (χ2v) is 6.46. The van der Waals surface area contributed by atoms with Crippen molar-refractivity contribution in [1.29, 1.82) is 0 Å². The van der Waals surface area contributed by atoms with Crippen molar-refractivity contribution in [3.05, 3.63) is 71.8 Å². The minimum Gasteiger partial charge on any atom is -0.354 e. The van der Waals surface area contributed by atoms with Gasteiger partial charge in [0.1, 0.15) is 6.04 Å². The van der Waals surface area contributed by atoms with Gasteiger partial charge in [-0.2, -0.15) is 0 Å². The molecule has 0 aliphatic heterocycles. The van der Waals surface area contributed by atoms with Gasteiger partial charge in [-0.15, -0.1) is 0 Å². The molecule has 0 aromatic heterocycles. The van der Waals surface area contributed by atoms with Gasteiger partial charge in [-0.1, -0.05) is 73.5 Å². The van der Waals surface area contributed by atoms with Crippen molar-refractivity contribution < 1.29 is 4.79 Å². The summed E-state index contributed by atoms with van der Waals surface area (Å²) in [7, 11) is 0. The molecule has 1 amide bonds. The second-order valence-electron chi connectivity index (χ2n) is 6.46. The van der Waals surface area contributed by atoms with Gasteiger partial charge in [-0.25, -0.2) is 0 Å². The largest absolute Gasteiger partial charge is 0.354 e. The van der Waals surface area contributed by atoms with Crippen molar-refractivity contribution >= 4 is 5.91 Å². The molecule has 1 atom stereocenters. The Hall–Kier alpha value is -2.13. The smallest absolute Gasteiger partial charge is 0.241 e. The van der Waals surface area contributed by atoms with Crippen LogP contribution in [0, 0.1) is 0 Å². The van der Waals surface area contributed by atoms with Gasteiger partial charge >= 0.3 is 0 Å². The molecule has 0 spiro atoms. The van der Waals surface area contributed by atoms with Crippen LogP contribution in [-0.4, -0.2) is 12.5 Å². The van der Waals surface area contributed by atoms with E-state index >= 15 is 0 Å². The minimum absolute atomic E-state index is 0.0628. The predicted octanol–water partition coefficient (Wildman–Crippen LogP) is 3.31. The van der Waals surface area contributed by atoms with Crippen LogP contribution < -0.4 is 11.1 Å². The molecule has 23 heavy (non-hydrogen) atoms. The van der Waals surface area contributed by atoms with E-state index in [9.17, 15) is 4.79 Å². The van der Waals surface area contributed by atoms with Crippen LogP contribution in [0.4, 0.5) is 0 Å². The summed E-state index contributed by atoms with van der Waals surface area (Å²) in [5.74, 6) is -0.0987. The summed E-state index contributed by atoms with van der Waals surface area (Å²) in [5.41, 5.74) is 8.33. The summed E-state index contributed by atoms with van der Waals surface area (Å²) < 4.78 is 0. The van der Waals surface area contributed by atoms with E-state index in [-0.39, 0.29) is 11.3 Å². The number of carbonyl (C=O) groups excluding carboxylic acids is 1. The fourth-order valence-corrected chi connectivity index (χ4v) is 3.59. The molecule has 0 saturated heterocycles. The number of nitrogens with two attached hydrogens (primary N) is 1. The van der Waals surface area contributed by atoms with Crippen molar-refractivity contribution in [2.75, 3.05) is 6.54 Å². The van der Waals surface area contributed by atoms with Crippen LogP contribution in [0.25, 0.3) is 0 Å². The SMILES string of the molecule is NC(C(=O)NCC1(c2ccccc2)CCCC1)c1ccccc1. The maximum atomic E-state index is 12.4. The van der Waals surface area contributed by atoms with E-state index in [1.54, 1.807) is 0 Å². The Kier molecular flexibility index (Phi) is 4.77. The first-order chi connectivity index (χ1) is 11.2. The summed E-state index contributed by atoms with van der Waals surface area (Å²) >= 11 is 0. The molecule has 0 heterocycles. The fourth-order valence-electron chi connectivity index (χ4n) is 3.59. The molecule has 120 valence electrons. The third-order valence-corrected chi connectivity index (χ3v) is 4.99. The Morgan fingerprint density at radius 3 is 2.17 bits per heavy atom. The summed E-state index contributed by atoms with van der Waals surface area (Å²) in [6, 6.07) is 19.5. The van der Waals surface area contributed by atoms with Crippen LogP contribution in [0.15, 0.2) is 60.7 Å². The van der Waals surface area contributed by atoms with Crippen molar-refractivity contribution in [1.82, 2.24) is 5.32 Å². The van der Waals surface area contributed by atoms with Gasteiger partial charge < -0.3 is 11.1 Å². The lowest BCUT2D eigenvalue weighted by Crippen LogP contribution is -2.42. The lowest BCUT2D eigenvalue weighted by molar-refractivity contribution is -0.122. The van der Waals surface area contributed by atoms with Crippen molar-refractivity contribution in [3.8, 4) is 0 Å². The highest BCUT2D eigenvalue weighted by molar-refractivity contribution is 5.83. The van der Waals surface area contributed by atoms with E-state index in [0.29, 0.717) is 6.54 Å². The first-order valence-corrected chi connectivity index (χ1v) is 8.35. The van der Waals surface area contributed by atoms with Gasteiger partial charge in [-0.05, 0) is 24.0 Å². The molecule has 1 aliphatic carbocycles. The van der Waals surface area contributed by atoms with E-state index in [4.69, 9.17) is 5.73 Å².